The van der Waals surface area contributed by atoms with Crippen LogP contribution in [0.2, 0.25) is 0 Å². The molecule has 74 valence electrons. The number of nitrogens with zero attached hydrogens (tertiary/aromatic N) is 1. The average Bonchev–Trinajstić information content (AvgIpc) is 2.03. The number of hydrogen-bond acceptors (Lipinski definition) is 2. The lowest BCUT2D eigenvalue weighted by Crippen LogP contribution is -2.13. The van der Waals surface area contributed by atoms with Crippen LogP contribution < -0.4 is 5.73 Å². The first-order chi connectivity index (χ1) is 5.55. The Kier molecular flexibility index (Phi) is 4.16. The van der Waals surface area contributed by atoms with Crippen LogP contribution in [0.4, 0.5) is 13.2 Å². The lowest BCUT2D eigenvalue weighted by molar-refractivity contribution is -0.138. The number of rotatable bonds is 1. The Morgan fingerprint density at radius 1 is 1.38 bits per heavy atom. The lowest BCUT2D eigenvalue weighted by Gasteiger charge is -2.09. The van der Waals surface area contributed by atoms with Crippen LogP contribution in [-0.2, 0) is 12.7 Å². The molecule has 0 spiro atoms. The van der Waals surface area contributed by atoms with Crippen LogP contribution in [0.5, 0.6) is 0 Å². The third kappa shape index (κ3) is 2.86. The van der Waals surface area contributed by atoms with E-state index in [-0.39, 0.29) is 24.6 Å². The minimum Gasteiger partial charge on any atom is -0.325 e. The second kappa shape index (κ2) is 4.43. The van der Waals surface area contributed by atoms with Crippen molar-refractivity contribution in [2.75, 3.05) is 0 Å². The topological polar surface area (TPSA) is 38.9 Å². The second-order valence-electron chi connectivity index (χ2n) is 2.20. The minimum absolute atomic E-state index is 0. The maximum atomic E-state index is 12.1. The SMILES string of the molecule is Cl.NCc1ncccc1C(F)(F)F. The van der Waals surface area contributed by atoms with E-state index in [0.29, 0.717) is 0 Å². The summed E-state index contributed by atoms with van der Waals surface area (Å²) >= 11 is 0. The molecule has 0 aromatic carbocycles. The van der Waals surface area contributed by atoms with E-state index in [1.165, 1.54) is 12.3 Å². The van der Waals surface area contributed by atoms with Gasteiger partial charge < -0.3 is 5.73 Å². The number of pyridine rings is 1. The van der Waals surface area contributed by atoms with Crippen molar-refractivity contribution < 1.29 is 13.2 Å². The smallest absolute Gasteiger partial charge is 0.325 e. The van der Waals surface area contributed by atoms with Gasteiger partial charge in [-0.05, 0) is 12.1 Å². The van der Waals surface area contributed by atoms with Crippen molar-refractivity contribution in [2.45, 2.75) is 12.7 Å². The summed E-state index contributed by atoms with van der Waals surface area (Å²) in [6, 6.07) is 2.21. The molecule has 1 aromatic rings. The van der Waals surface area contributed by atoms with Crippen LogP contribution >= 0.6 is 12.4 Å². The lowest BCUT2D eigenvalue weighted by atomic mass is 10.2. The standard InChI is InChI=1S/C7H7F3N2.ClH/c8-7(9,10)5-2-1-3-12-6(5)4-11;/h1-3H,4,11H2;1H. The molecule has 0 atom stereocenters. The summed E-state index contributed by atoms with van der Waals surface area (Å²) in [7, 11) is 0. The summed E-state index contributed by atoms with van der Waals surface area (Å²) in [5.41, 5.74) is 4.21. The van der Waals surface area contributed by atoms with Gasteiger partial charge in [0.05, 0.1) is 11.3 Å². The van der Waals surface area contributed by atoms with Gasteiger partial charge in [0.1, 0.15) is 0 Å². The van der Waals surface area contributed by atoms with Crippen LogP contribution in [0, 0.1) is 0 Å². The quantitative estimate of drug-likeness (QED) is 0.773. The van der Waals surface area contributed by atoms with Crippen LogP contribution in [0.3, 0.4) is 0 Å². The van der Waals surface area contributed by atoms with Crippen LogP contribution in [0.1, 0.15) is 11.3 Å². The summed E-state index contributed by atoms with van der Waals surface area (Å²) in [6.07, 6.45) is -3.07. The molecule has 1 aromatic heterocycles. The zero-order valence-corrected chi connectivity index (χ0v) is 7.32. The summed E-state index contributed by atoms with van der Waals surface area (Å²) in [4.78, 5) is 3.52. The fourth-order valence-corrected chi connectivity index (χ4v) is 0.859. The van der Waals surface area contributed by atoms with Gasteiger partial charge >= 0.3 is 6.18 Å². The zero-order valence-electron chi connectivity index (χ0n) is 6.51. The molecule has 0 radical (unpaired) electrons. The molecule has 2 N–H and O–H groups in total. The van der Waals surface area contributed by atoms with E-state index in [4.69, 9.17) is 5.73 Å². The predicted octanol–water partition coefficient (Wildman–Crippen LogP) is 1.98. The third-order valence-electron chi connectivity index (χ3n) is 1.39. The van der Waals surface area contributed by atoms with Crippen LogP contribution in [0.25, 0.3) is 0 Å². The maximum Gasteiger partial charge on any atom is 0.418 e. The van der Waals surface area contributed by atoms with Crippen molar-refractivity contribution in [3.05, 3.63) is 29.6 Å². The first-order valence-corrected chi connectivity index (χ1v) is 3.27. The van der Waals surface area contributed by atoms with E-state index in [1.54, 1.807) is 0 Å². The summed E-state index contributed by atoms with van der Waals surface area (Å²) < 4.78 is 36.4. The molecule has 0 saturated carbocycles. The van der Waals surface area contributed by atoms with Crippen LogP contribution in [-0.4, -0.2) is 4.98 Å². The molecule has 0 aliphatic carbocycles. The molecule has 0 unspecified atom stereocenters. The van der Waals surface area contributed by atoms with Gasteiger partial charge in [0, 0.05) is 12.7 Å². The van der Waals surface area contributed by atoms with Crippen molar-refractivity contribution in [2.24, 2.45) is 5.73 Å². The Bertz CT molecular complexity index is 275. The van der Waals surface area contributed by atoms with Crippen molar-refractivity contribution in [1.29, 1.82) is 0 Å². The number of alkyl halides is 3. The van der Waals surface area contributed by atoms with E-state index in [2.05, 4.69) is 4.98 Å². The molecular formula is C7H8ClF3N2. The average molecular weight is 213 g/mol. The van der Waals surface area contributed by atoms with Gasteiger partial charge in [-0.25, -0.2) is 0 Å². The van der Waals surface area contributed by atoms with E-state index in [9.17, 15) is 13.2 Å². The van der Waals surface area contributed by atoms with Crippen LogP contribution in [0.15, 0.2) is 18.3 Å². The summed E-state index contributed by atoms with van der Waals surface area (Å²) in [6.45, 7) is -0.199. The van der Waals surface area contributed by atoms with Gasteiger partial charge in [-0.2, -0.15) is 13.2 Å². The number of hydrogen-bond donors (Lipinski definition) is 1. The Balaban J connectivity index is 0.00000144. The summed E-state index contributed by atoms with van der Waals surface area (Å²) in [5, 5.41) is 0. The normalized spacial score (nSPS) is 10.8. The molecule has 2 nitrogen and oxygen atoms in total. The van der Waals surface area contributed by atoms with Gasteiger partial charge in [-0.3, -0.25) is 4.98 Å². The molecule has 0 fully saturated rings. The number of halogens is 4. The molecule has 0 aliphatic heterocycles. The van der Waals surface area contributed by atoms with Crippen molar-refractivity contribution in [1.82, 2.24) is 4.98 Å². The molecule has 0 saturated heterocycles. The van der Waals surface area contributed by atoms with Crippen molar-refractivity contribution >= 4 is 12.4 Å². The van der Waals surface area contributed by atoms with E-state index < -0.39 is 11.7 Å². The highest BCUT2D eigenvalue weighted by molar-refractivity contribution is 5.85. The third-order valence-corrected chi connectivity index (χ3v) is 1.39. The van der Waals surface area contributed by atoms with Gasteiger partial charge in [0.25, 0.3) is 0 Å². The molecule has 1 rings (SSSR count). The van der Waals surface area contributed by atoms with Gasteiger partial charge in [0.15, 0.2) is 0 Å². The predicted molar refractivity (Wildman–Crippen MR) is 44.4 cm³/mol. The highest BCUT2D eigenvalue weighted by atomic mass is 35.5. The highest BCUT2D eigenvalue weighted by Gasteiger charge is 2.33. The molecular weight excluding hydrogens is 205 g/mol. The van der Waals surface area contributed by atoms with Crippen molar-refractivity contribution in [3.8, 4) is 0 Å². The van der Waals surface area contributed by atoms with Gasteiger partial charge in [0.2, 0.25) is 0 Å². The molecule has 1 heterocycles. The first kappa shape index (κ1) is 12.2. The number of nitrogens with two attached hydrogens (primary N) is 1. The Hall–Kier alpha value is -0.810. The Morgan fingerprint density at radius 3 is 2.38 bits per heavy atom. The van der Waals surface area contributed by atoms with Gasteiger partial charge in [-0.1, -0.05) is 0 Å². The Labute approximate surface area is 79.4 Å². The molecule has 0 bridgehead atoms. The van der Waals surface area contributed by atoms with E-state index in [0.717, 1.165) is 6.07 Å². The van der Waals surface area contributed by atoms with E-state index in [1.807, 2.05) is 0 Å². The van der Waals surface area contributed by atoms with Gasteiger partial charge in [-0.15, -0.1) is 12.4 Å². The van der Waals surface area contributed by atoms with Crippen molar-refractivity contribution in [3.63, 3.8) is 0 Å². The second-order valence-corrected chi connectivity index (χ2v) is 2.20. The molecule has 0 amide bonds. The maximum absolute atomic E-state index is 12.1. The highest BCUT2D eigenvalue weighted by Crippen LogP contribution is 2.30. The first-order valence-electron chi connectivity index (χ1n) is 3.27. The molecule has 0 aliphatic rings. The Morgan fingerprint density at radius 2 is 2.00 bits per heavy atom. The molecule has 13 heavy (non-hydrogen) atoms. The minimum atomic E-state index is -4.36. The largest absolute Gasteiger partial charge is 0.418 e. The monoisotopic (exact) mass is 212 g/mol. The van der Waals surface area contributed by atoms with E-state index >= 15 is 0 Å². The zero-order chi connectivity index (χ0) is 9.19. The fourth-order valence-electron chi connectivity index (χ4n) is 0.859. The fraction of sp³-hybridized carbons (Fsp3) is 0.286. The molecule has 6 heteroatoms. The number of aromatic nitrogens is 1. The summed E-state index contributed by atoms with van der Waals surface area (Å²) in [5.74, 6) is 0.